The number of rotatable bonds is 5. The maximum Gasteiger partial charge on any atom is 0.311 e. The van der Waals surface area contributed by atoms with Gasteiger partial charge in [-0.25, -0.2) is 4.39 Å². The fraction of sp³-hybridized carbons (Fsp3) is 0.500. The average Bonchev–Trinajstić information content (AvgIpc) is 2.33. The van der Waals surface area contributed by atoms with Crippen LogP contribution in [0.4, 0.5) is 4.39 Å². The lowest BCUT2D eigenvalue weighted by Crippen LogP contribution is -2.41. The zero-order chi connectivity index (χ0) is 14.0. The molecule has 0 saturated carbocycles. The van der Waals surface area contributed by atoms with Crippen LogP contribution in [0.5, 0.6) is 5.75 Å². The summed E-state index contributed by atoms with van der Waals surface area (Å²) in [5.41, 5.74) is 0.212. The fourth-order valence-electron chi connectivity index (χ4n) is 2.37. The van der Waals surface area contributed by atoms with Crippen molar-refractivity contribution >= 4 is 5.97 Å². The Morgan fingerprint density at radius 3 is 2.74 bits per heavy atom. The van der Waals surface area contributed by atoms with Crippen LogP contribution in [0.25, 0.3) is 0 Å². The van der Waals surface area contributed by atoms with Gasteiger partial charge in [0.05, 0.1) is 26.2 Å². The Kier molecular flexibility index (Phi) is 3.75. The monoisotopic (exact) mass is 268 g/mol. The van der Waals surface area contributed by atoms with E-state index in [1.54, 1.807) is 0 Å². The Balaban J connectivity index is 2.33. The second-order valence-corrected chi connectivity index (χ2v) is 5.28. The highest BCUT2D eigenvalue weighted by Crippen LogP contribution is 2.40. The molecule has 1 aliphatic heterocycles. The summed E-state index contributed by atoms with van der Waals surface area (Å²) >= 11 is 0. The van der Waals surface area contributed by atoms with E-state index in [2.05, 4.69) is 0 Å². The molecule has 0 radical (unpaired) electrons. The van der Waals surface area contributed by atoms with Crippen molar-refractivity contribution in [1.82, 2.24) is 0 Å². The highest BCUT2D eigenvalue weighted by molar-refractivity contribution is 5.77. The van der Waals surface area contributed by atoms with E-state index in [4.69, 9.17) is 9.47 Å². The summed E-state index contributed by atoms with van der Waals surface area (Å²) in [6.07, 6.45) is 0.405. The number of halogens is 1. The van der Waals surface area contributed by atoms with Gasteiger partial charge >= 0.3 is 5.97 Å². The van der Waals surface area contributed by atoms with Crippen LogP contribution in [-0.4, -0.2) is 31.4 Å². The van der Waals surface area contributed by atoms with Gasteiger partial charge in [0, 0.05) is 11.0 Å². The number of hydrogen-bond acceptors (Lipinski definition) is 3. The molecule has 1 saturated heterocycles. The molecule has 0 amide bonds. The quantitative estimate of drug-likeness (QED) is 0.891. The van der Waals surface area contributed by atoms with E-state index in [9.17, 15) is 14.3 Å². The topological polar surface area (TPSA) is 55.8 Å². The van der Waals surface area contributed by atoms with Crippen molar-refractivity contribution < 1.29 is 23.8 Å². The molecule has 1 aromatic rings. The van der Waals surface area contributed by atoms with Crippen molar-refractivity contribution in [2.24, 2.45) is 5.41 Å². The molecule has 104 valence electrons. The van der Waals surface area contributed by atoms with Crippen LogP contribution < -0.4 is 4.74 Å². The summed E-state index contributed by atoms with van der Waals surface area (Å²) in [6.45, 7) is 3.04. The van der Waals surface area contributed by atoms with E-state index in [0.29, 0.717) is 30.9 Å². The smallest absolute Gasteiger partial charge is 0.311 e. The fourth-order valence-corrected chi connectivity index (χ4v) is 2.37. The van der Waals surface area contributed by atoms with Crippen LogP contribution in [0.3, 0.4) is 0 Å². The predicted octanol–water partition coefficient (Wildman–Crippen LogP) is 2.43. The molecular weight excluding hydrogens is 251 g/mol. The molecule has 1 unspecified atom stereocenters. The maximum absolute atomic E-state index is 13.4. The number of carbonyl (C=O) groups is 1. The molecule has 0 bridgehead atoms. The lowest BCUT2D eigenvalue weighted by molar-refractivity contribution is -0.145. The van der Waals surface area contributed by atoms with Crippen LogP contribution >= 0.6 is 0 Å². The van der Waals surface area contributed by atoms with Gasteiger partial charge in [0.25, 0.3) is 0 Å². The maximum atomic E-state index is 13.4. The van der Waals surface area contributed by atoms with Crippen LogP contribution in [0.1, 0.15) is 24.8 Å². The predicted molar refractivity (Wildman–Crippen MR) is 66.9 cm³/mol. The average molecular weight is 268 g/mol. The molecule has 1 aromatic carbocycles. The Labute approximate surface area is 111 Å². The van der Waals surface area contributed by atoms with Gasteiger partial charge in [0.1, 0.15) is 11.6 Å². The summed E-state index contributed by atoms with van der Waals surface area (Å²) in [6, 6.07) is 3.95. The van der Waals surface area contributed by atoms with Crippen molar-refractivity contribution in [3.05, 3.63) is 29.6 Å². The third kappa shape index (κ3) is 2.87. The highest BCUT2D eigenvalue weighted by Gasteiger charge is 2.39. The molecule has 1 heterocycles. The minimum atomic E-state index is -0.975. The number of hydrogen-bond donors (Lipinski definition) is 1. The Hall–Kier alpha value is -1.62. The van der Waals surface area contributed by atoms with E-state index < -0.39 is 17.7 Å². The third-order valence-electron chi connectivity index (χ3n) is 3.46. The van der Waals surface area contributed by atoms with Crippen LogP contribution in [-0.2, 0) is 9.53 Å². The van der Waals surface area contributed by atoms with Crippen molar-refractivity contribution in [2.75, 3.05) is 20.3 Å². The van der Waals surface area contributed by atoms with Gasteiger partial charge in [-0.2, -0.15) is 0 Å². The van der Waals surface area contributed by atoms with Crippen molar-refractivity contribution in [2.45, 2.75) is 19.3 Å². The van der Waals surface area contributed by atoms with Gasteiger partial charge in [-0.1, -0.05) is 6.92 Å². The van der Waals surface area contributed by atoms with Crippen LogP contribution in [0.15, 0.2) is 18.2 Å². The van der Waals surface area contributed by atoms with Gasteiger partial charge in [-0.3, -0.25) is 4.79 Å². The molecule has 1 fully saturated rings. The first-order valence-corrected chi connectivity index (χ1v) is 6.09. The molecular formula is C14H17FO4. The summed E-state index contributed by atoms with van der Waals surface area (Å²) in [7, 11) is 1.45. The van der Waals surface area contributed by atoms with E-state index in [1.165, 1.54) is 25.3 Å². The number of benzene rings is 1. The second-order valence-electron chi connectivity index (χ2n) is 5.28. The first-order valence-electron chi connectivity index (χ1n) is 6.09. The Morgan fingerprint density at radius 2 is 2.26 bits per heavy atom. The van der Waals surface area contributed by atoms with E-state index in [1.807, 2.05) is 6.92 Å². The normalized spacial score (nSPS) is 18.5. The summed E-state index contributed by atoms with van der Waals surface area (Å²) in [4.78, 5) is 11.5. The molecule has 2 rings (SSSR count). The van der Waals surface area contributed by atoms with E-state index >= 15 is 0 Å². The minimum absolute atomic E-state index is 0.166. The number of aliphatic carboxylic acids is 1. The first-order chi connectivity index (χ1) is 8.95. The number of carboxylic acid groups (broad SMARTS) is 1. The van der Waals surface area contributed by atoms with E-state index in [0.717, 1.165) is 0 Å². The third-order valence-corrected chi connectivity index (χ3v) is 3.46. The zero-order valence-electron chi connectivity index (χ0n) is 11.0. The van der Waals surface area contributed by atoms with Gasteiger partial charge in [-0.15, -0.1) is 0 Å². The molecule has 4 nitrogen and oxygen atoms in total. The largest absolute Gasteiger partial charge is 0.496 e. The standard InChI is InChI=1S/C14H17FO4/c1-14(7-19-8-14)6-11(13(16)17)10-5-9(15)3-4-12(10)18-2/h3-5,11H,6-8H2,1-2H3,(H,16,17). The number of methoxy groups -OCH3 is 1. The molecule has 1 atom stereocenters. The van der Waals surface area contributed by atoms with E-state index in [-0.39, 0.29) is 5.41 Å². The Bertz CT molecular complexity index is 482. The molecule has 0 aliphatic carbocycles. The summed E-state index contributed by atoms with van der Waals surface area (Å²) < 4.78 is 23.6. The Morgan fingerprint density at radius 1 is 1.58 bits per heavy atom. The van der Waals surface area contributed by atoms with Gasteiger partial charge in [-0.05, 0) is 24.6 Å². The molecule has 19 heavy (non-hydrogen) atoms. The summed E-state index contributed by atoms with van der Waals surface area (Å²) in [5.74, 6) is -1.83. The van der Waals surface area contributed by atoms with Crippen LogP contribution in [0.2, 0.25) is 0 Å². The van der Waals surface area contributed by atoms with Crippen molar-refractivity contribution in [3.8, 4) is 5.75 Å². The number of ether oxygens (including phenoxy) is 2. The molecule has 0 aromatic heterocycles. The van der Waals surface area contributed by atoms with Crippen LogP contribution in [0, 0.1) is 11.2 Å². The second kappa shape index (κ2) is 5.17. The SMILES string of the molecule is COc1ccc(F)cc1C(CC1(C)COC1)C(=O)O. The highest BCUT2D eigenvalue weighted by atomic mass is 19.1. The van der Waals surface area contributed by atoms with Gasteiger partial charge in [0.15, 0.2) is 0 Å². The van der Waals surface area contributed by atoms with Crippen molar-refractivity contribution in [1.29, 1.82) is 0 Å². The molecule has 5 heteroatoms. The van der Waals surface area contributed by atoms with Crippen molar-refractivity contribution in [3.63, 3.8) is 0 Å². The lowest BCUT2D eigenvalue weighted by atomic mass is 9.77. The molecule has 0 spiro atoms. The minimum Gasteiger partial charge on any atom is -0.496 e. The lowest BCUT2D eigenvalue weighted by Gasteiger charge is -2.39. The number of carboxylic acids is 1. The summed E-state index contributed by atoms with van der Waals surface area (Å²) in [5, 5.41) is 9.40. The molecule has 1 aliphatic rings. The van der Waals surface area contributed by atoms with Gasteiger partial charge in [0.2, 0.25) is 0 Å². The first kappa shape index (κ1) is 13.8. The zero-order valence-corrected chi connectivity index (χ0v) is 11.0. The molecule has 1 N–H and O–H groups in total. The van der Waals surface area contributed by atoms with Gasteiger partial charge < -0.3 is 14.6 Å².